The number of nitrogens with zero attached hydrogens (tertiary/aromatic N) is 2. The summed E-state index contributed by atoms with van der Waals surface area (Å²) >= 11 is 0. The molecule has 2 rings (SSSR count). The lowest BCUT2D eigenvalue weighted by Gasteiger charge is -2.09. The fourth-order valence-corrected chi connectivity index (χ4v) is 2.03. The van der Waals surface area contributed by atoms with Crippen molar-refractivity contribution in [2.24, 2.45) is 0 Å². The Kier molecular flexibility index (Phi) is 4.66. The Labute approximate surface area is 119 Å². The maximum absolute atomic E-state index is 13.4. The SMILES string of the molecule is Cc1nc(NCCCc2ccccc2F)nc(C)c1C. The summed E-state index contributed by atoms with van der Waals surface area (Å²) in [5, 5.41) is 3.20. The van der Waals surface area contributed by atoms with Crippen molar-refractivity contribution in [3.63, 3.8) is 0 Å². The Morgan fingerprint density at radius 3 is 2.35 bits per heavy atom. The van der Waals surface area contributed by atoms with Gasteiger partial charge in [0.2, 0.25) is 5.95 Å². The number of hydrogen-bond donors (Lipinski definition) is 1. The summed E-state index contributed by atoms with van der Waals surface area (Å²) in [7, 11) is 0. The van der Waals surface area contributed by atoms with Gasteiger partial charge >= 0.3 is 0 Å². The van der Waals surface area contributed by atoms with E-state index >= 15 is 0 Å². The molecule has 1 N–H and O–H groups in total. The van der Waals surface area contributed by atoms with Crippen LogP contribution in [0.4, 0.5) is 10.3 Å². The van der Waals surface area contributed by atoms with Gasteiger partial charge in [-0.2, -0.15) is 0 Å². The van der Waals surface area contributed by atoms with Crippen LogP contribution in [0.3, 0.4) is 0 Å². The molecule has 106 valence electrons. The zero-order valence-corrected chi connectivity index (χ0v) is 12.2. The van der Waals surface area contributed by atoms with Crippen LogP contribution in [-0.4, -0.2) is 16.5 Å². The second kappa shape index (κ2) is 6.46. The zero-order valence-electron chi connectivity index (χ0n) is 12.2. The van der Waals surface area contributed by atoms with E-state index in [0.29, 0.717) is 12.4 Å². The van der Waals surface area contributed by atoms with Crippen LogP contribution in [0.15, 0.2) is 24.3 Å². The van der Waals surface area contributed by atoms with Gasteiger partial charge in [0.25, 0.3) is 0 Å². The van der Waals surface area contributed by atoms with Crippen LogP contribution < -0.4 is 5.32 Å². The minimum Gasteiger partial charge on any atom is -0.354 e. The number of hydrogen-bond acceptors (Lipinski definition) is 3. The van der Waals surface area contributed by atoms with Crippen LogP contribution in [0.5, 0.6) is 0 Å². The fourth-order valence-electron chi connectivity index (χ4n) is 2.03. The molecule has 0 aliphatic carbocycles. The van der Waals surface area contributed by atoms with Crippen molar-refractivity contribution in [2.75, 3.05) is 11.9 Å². The van der Waals surface area contributed by atoms with Crippen LogP contribution in [0, 0.1) is 26.6 Å². The molecular weight excluding hydrogens is 253 g/mol. The third kappa shape index (κ3) is 3.53. The van der Waals surface area contributed by atoms with Gasteiger partial charge in [-0.1, -0.05) is 18.2 Å². The molecule has 0 fully saturated rings. The van der Waals surface area contributed by atoms with Crippen LogP contribution in [0.1, 0.15) is 28.9 Å². The Balaban J connectivity index is 1.86. The normalized spacial score (nSPS) is 10.6. The number of aromatic nitrogens is 2. The van der Waals surface area contributed by atoms with Crippen LogP contribution in [0.2, 0.25) is 0 Å². The summed E-state index contributed by atoms with van der Waals surface area (Å²) in [6.07, 6.45) is 1.56. The second-order valence-corrected chi connectivity index (χ2v) is 4.96. The molecule has 0 aliphatic heterocycles. The van der Waals surface area contributed by atoms with E-state index in [0.717, 1.165) is 35.5 Å². The highest BCUT2D eigenvalue weighted by Gasteiger charge is 2.04. The quantitative estimate of drug-likeness (QED) is 0.846. The van der Waals surface area contributed by atoms with Crippen molar-refractivity contribution in [3.05, 3.63) is 52.6 Å². The lowest BCUT2D eigenvalue weighted by atomic mass is 10.1. The summed E-state index contributed by atoms with van der Waals surface area (Å²) in [6.45, 7) is 6.71. The average molecular weight is 273 g/mol. The van der Waals surface area contributed by atoms with E-state index in [1.165, 1.54) is 6.07 Å². The van der Waals surface area contributed by atoms with Gasteiger partial charge < -0.3 is 5.32 Å². The molecule has 4 heteroatoms. The van der Waals surface area contributed by atoms with E-state index in [1.807, 2.05) is 32.9 Å². The van der Waals surface area contributed by atoms with Gasteiger partial charge in [-0.05, 0) is 50.8 Å². The molecule has 0 saturated heterocycles. The highest BCUT2D eigenvalue weighted by atomic mass is 19.1. The van der Waals surface area contributed by atoms with Crippen molar-refractivity contribution >= 4 is 5.95 Å². The van der Waals surface area contributed by atoms with Gasteiger partial charge in [0.1, 0.15) is 5.82 Å². The number of halogens is 1. The van der Waals surface area contributed by atoms with E-state index in [-0.39, 0.29) is 5.82 Å². The fraction of sp³-hybridized carbons (Fsp3) is 0.375. The number of nitrogens with one attached hydrogen (secondary N) is 1. The number of rotatable bonds is 5. The summed E-state index contributed by atoms with van der Waals surface area (Å²) in [4.78, 5) is 8.80. The minimum absolute atomic E-state index is 0.134. The first-order valence-corrected chi connectivity index (χ1v) is 6.87. The Hall–Kier alpha value is -1.97. The summed E-state index contributed by atoms with van der Waals surface area (Å²) in [5.74, 6) is 0.518. The predicted molar refractivity (Wildman–Crippen MR) is 79.5 cm³/mol. The molecule has 0 bridgehead atoms. The van der Waals surface area contributed by atoms with Gasteiger partial charge in [0.05, 0.1) is 0 Å². The van der Waals surface area contributed by atoms with Crippen molar-refractivity contribution in [3.8, 4) is 0 Å². The first-order valence-electron chi connectivity index (χ1n) is 6.87. The van der Waals surface area contributed by atoms with Crippen molar-refractivity contribution in [1.29, 1.82) is 0 Å². The molecule has 0 spiro atoms. The maximum atomic E-state index is 13.4. The van der Waals surface area contributed by atoms with Crippen LogP contribution in [0.25, 0.3) is 0 Å². The molecule has 0 unspecified atom stereocenters. The van der Waals surface area contributed by atoms with Gasteiger partial charge in [-0.15, -0.1) is 0 Å². The lowest BCUT2D eigenvalue weighted by molar-refractivity contribution is 0.606. The molecule has 0 saturated carbocycles. The number of benzene rings is 1. The van der Waals surface area contributed by atoms with Crippen LogP contribution >= 0.6 is 0 Å². The number of aryl methyl sites for hydroxylation is 3. The molecule has 0 aliphatic rings. The van der Waals surface area contributed by atoms with E-state index in [4.69, 9.17) is 0 Å². The topological polar surface area (TPSA) is 37.8 Å². The summed E-state index contributed by atoms with van der Waals surface area (Å²) in [6, 6.07) is 6.90. The monoisotopic (exact) mass is 273 g/mol. The predicted octanol–water partition coefficient (Wildman–Crippen LogP) is 3.59. The highest BCUT2D eigenvalue weighted by molar-refractivity contribution is 5.32. The van der Waals surface area contributed by atoms with E-state index in [1.54, 1.807) is 6.07 Å². The van der Waals surface area contributed by atoms with Gasteiger partial charge in [-0.25, -0.2) is 14.4 Å². The third-order valence-corrected chi connectivity index (χ3v) is 3.50. The van der Waals surface area contributed by atoms with E-state index < -0.39 is 0 Å². The molecule has 1 aromatic carbocycles. The van der Waals surface area contributed by atoms with Crippen molar-refractivity contribution in [1.82, 2.24) is 9.97 Å². The Morgan fingerprint density at radius 1 is 1.05 bits per heavy atom. The molecular formula is C16H20FN3. The molecule has 2 aromatic rings. The minimum atomic E-state index is -0.134. The first-order chi connectivity index (χ1) is 9.58. The van der Waals surface area contributed by atoms with E-state index in [2.05, 4.69) is 15.3 Å². The summed E-state index contributed by atoms with van der Waals surface area (Å²) in [5.41, 5.74) is 3.87. The first kappa shape index (κ1) is 14.4. The summed E-state index contributed by atoms with van der Waals surface area (Å²) < 4.78 is 13.4. The zero-order chi connectivity index (χ0) is 14.5. The smallest absolute Gasteiger partial charge is 0.223 e. The van der Waals surface area contributed by atoms with Crippen molar-refractivity contribution in [2.45, 2.75) is 33.6 Å². The Morgan fingerprint density at radius 2 is 1.70 bits per heavy atom. The molecule has 20 heavy (non-hydrogen) atoms. The standard InChI is InChI=1S/C16H20FN3/c1-11-12(2)19-16(20-13(11)3)18-10-6-8-14-7-4-5-9-15(14)17/h4-5,7,9H,6,8,10H2,1-3H3,(H,18,19,20). The highest BCUT2D eigenvalue weighted by Crippen LogP contribution is 2.12. The second-order valence-electron chi connectivity index (χ2n) is 4.96. The molecule has 0 amide bonds. The van der Waals surface area contributed by atoms with Gasteiger partial charge in [0.15, 0.2) is 0 Å². The largest absolute Gasteiger partial charge is 0.354 e. The van der Waals surface area contributed by atoms with E-state index in [9.17, 15) is 4.39 Å². The van der Waals surface area contributed by atoms with Gasteiger partial charge in [-0.3, -0.25) is 0 Å². The van der Waals surface area contributed by atoms with Crippen LogP contribution in [-0.2, 0) is 6.42 Å². The molecule has 0 radical (unpaired) electrons. The van der Waals surface area contributed by atoms with Crippen molar-refractivity contribution < 1.29 is 4.39 Å². The average Bonchev–Trinajstić information content (AvgIpc) is 2.42. The molecule has 3 nitrogen and oxygen atoms in total. The third-order valence-electron chi connectivity index (χ3n) is 3.50. The lowest BCUT2D eigenvalue weighted by Crippen LogP contribution is -2.09. The number of anilines is 1. The van der Waals surface area contributed by atoms with Gasteiger partial charge in [0, 0.05) is 17.9 Å². The molecule has 0 atom stereocenters. The molecule has 1 heterocycles. The Bertz CT molecular complexity index is 573. The maximum Gasteiger partial charge on any atom is 0.223 e. The molecule has 1 aromatic heterocycles.